The lowest BCUT2D eigenvalue weighted by molar-refractivity contribution is -0.137. The van der Waals surface area contributed by atoms with Crippen molar-refractivity contribution in [2.45, 2.75) is 95.1 Å². The van der Waals surface area contributed by atoms with Crippen molar-refractivity contribution >= 4 is 29.0 Å². The summed E-state index contributed by atoms with van der Waals surface area (Å²) in [6.45, 7) is 2.94. The van der Waals surface area contributed by atoms with Crippen molar-refractivity contribution in [2.75, 3.05) is 11.9 Å². The largest absolute Gasteiger partial charge is 0.417 e. The van der Waals surface area contributed by atoms with Crippen LogP contribution in [0.3, 0.4) is 0 Å². The molecule has 206 valence electrons. The molecule has 1 saturated carbocycles. The van der Waals surface area contributed by atoms with Crippen LogP contribution in [0.25, 0.3) is 10.4 Å². The molecule has 3 N–H and O–H groups in total. The molecule has 0 spiro atoms. The summed E-state index contributed by atoms with van der Waals surface area (Å²) in [6.07, 6.45) is 3.61. The number of rotatable bonds is 7. The molecule has 2 bridgehead atoms. The number of nitrogens with zero attached hydrogens (tertiary/aromatic N) is 3. The van der Waals surface area contributed by atoms with Crippen LogP contribution in [0, 0.1) is 0 Å². The Morgan fingerprint density at radius 3 is 2.32 bits per heavy atom. The molecule has 2 aromatic rings. The number of thiazole rings is 1. The van der Waals surface area contributed by atoms with Crippen LogP contribution >= 0.6 is 11.3 Å². The molecule has 2 aliphatic heterocycles. The predicted octanol–water partition coefficient (Wildman–Crippen LogP) is 4.85. The fourth-order valence-electron chi connectivity index (χ4n) is 5.71. The Balaban J connectivity index is 1.55. The summed E-state index contributed by atoms with van der Waals surface area (Å²) in [4.78, 5) is 36.8. The SMILES string of the molecule is CC(C)(O)CNC(=O)c1nc(C(=O)N2C3CCC2CC3)c(-c2cnc(NC3CCCC3)cc2C(F)(F)F)s1. The average Bonchev–Trinajstić information content (AvgIpc) is 3.65. The fourth-order valence-corrected chi connectivity index (χ4v) is 6.71. The van der Waals surface area contributed by atoms with E-state index in [1.165, 1.54) is 13.8 Å². The van der Waals surface area contributed by atoms with E-state index in [4.69, 9.17) is 0 Å². The Kier molecular flexibility index (Phi) is 7.14. The van der Waals surface area contributed by atoms with E-state index in [1.807, 2.05) is 0 Å². The molecule has 4 heterocycles. The van der Waals surface area contributed by atoms with Crippen LogP contribution < -0.4 is 10.6 Å². The van der Waals surface area contributed by atoms with Gasteiger partial charge in [0.05, 0.1) is 16.0 Å². The number of fused-ring (bicyclic) bond motifs is 2. The van der Waals surface area contributed by atoms with E-state index in [1.54, 1.807) is 4.90 Å². The number of anilines is 1. The molecular weight excluding hydrogens is 519 g/mol. The van der Waals surface area contributed by atoms with Gasteiger partial charge in [0.2, 0.25) is 0 Å². The summed E-state index contributed by atoms with van der Waals surface area (Å²) in [6, 6.07) is 1.13. The first-order valence-corrected chi connectivity index (χ1v) is 13.9. The molecule has 8 nitrogen and oxygen atoms in total. The maximum atomic E-state index is 14.3. The molecule has 12 heteroatoms. The number of aromatic nitrogens is 2. The first-order chi connectivity index (χ1) is 17.9. The zero-order chi connectivity index (χ0) is 27.2. The average molecular weight is 552 g/mol. The molecule has 0 atom stereocenters. The number of pyridine rings is 1. The van der Waals surface area contributed by atoms with E-state index < -0.39 is 29.2 Å². The van der Waals surface area contributed by atoms with Crippen molar-refractivity contribution in [3.8, 4) is 10.4 Å². The standard InChI is InChI=1S/C26H32F3N5O3S/c1-25(2,37)13-31-22(35)23-33-20(24(36)34-15-7-8-16(34)10-9-15)21(38-23)17-12-30-19(11-18(17)26(27,28)29)32-14-5-3-4-6-14/h11-12,14-16,37H,3-10,13H2,1-2H3,(H,30,32)(H,31,35). The van der Waals surface area contributed by atoms with Crippen molar-refractivity contribution < 1.29 is 27.9 Å². The summed E-state index contributed by atoms with van der Waals surface area (Å²) in [5, 5.41) is 15.5. The summed E-state index contributed by atoms with van der Waals surface area (Å²) in [7, 11) is 0. The van der Waals surface area contributed by atoms with Crippen molar-refractivity contribution in [2.24, 2.45) is 0 Å². The van der Waals surface area contributed by atoms with Crippen LogP contribution in [0.1, 0.15) is 91.1 Å². The van der Waals surface area contributed by atoms with Crippen molar-refractivity contribution in [3.63, 3.8) is 0 Å². The van der Waals surface area contributed by atoms with Crippen molar-refractivity contribution in [3.05, 3.63) is 28.5 Å². The number of carbonyl (C=O) groups is 2. The molecule has 0 radical (unpaired) electrons. The van der Waals surface area contributed by atoms with Gasteiger partial charge in [-0.25, -0.2) is 9.97 Å². The number of nitrogens with one attached hydrogen (secondary N) is 2. The van der Waals surface area contributed by atoms with Gasteiger partial charge in [-0.2, -0.15) is 13.2 Å². The first kappa shape index (κ1) is 26.9. The maximum absolute atomic E-state index is 14.3. The van der Waals surface area contributed by atoms with Crippen LogP contribution in [0.4, 0.5) is 19.0 Å². The number of carbonyl (C=O) groups excluding carboxylic acids is 2. The van der Waals surface area contributed by atoms with Gasteiger partial charge in [-0.05, 0) is 58.4 Å². The Labute approximate surface area is 223 Å². The zero-order valence-electron chi connectivity index (χ0n) is 21.4. The second-order valence-corrected chi connectivity index (χ2v) is 12.1. The molecule has 38 heavy (non-hydrogen) atoms. The summed E-state index contributed by atoms with van der Waals surface area (Å²) in [5.74, 6) is -0.988. The first-order valence-electron chi connectivity index (χ1n) is 13.1. The monoisotopic (exact) mass is 551 g/mol. The number of hydrogen-bond acceptors (Lipinski definition) is 7. The Morgan fingerprint density at radius 2 is 1.74 bits per heavy atom. The fraction of sp³-hybridized carbons (Fsp3) is 0.615. The van der Waals surface area contributed by atoms with Crippen LogP contribution in [-0.2, 0) is 6.18 Å². The third-order valence-corrected chi connectivity index (χ3v) is 8.64. The predicted molar refractivity (Wildman–Crippen MR) is 137 cm³/mol. The third kappa shape index (κ3) is 5.51. The van der Waals surface area contributed by atoms with E-state index in [-0.39, 0.29) is 51.6 Å². The molecule has 3 aliphatic rings. The number of halogens is 3. The zero-order valence-corrected chi connectivity index (χ0v) is 22.2. The van der Waals surface area contributed by atoms with Gasteiger partial charge < -0.3 is 20.6 Å². The molecule has 2 amide bonds. The lowest BCUT2D eigenvalue weighted by Gasteiger charge is -2.22. The lowest BCUT2D eigenvalue weighted by Crippen LogP contribution is -2.38. The lowest BCUT2D eigenvalue weighted by atomic mass is 10.0. The molecule has 0 unspecified atom stereocenters. The van der Waals surface area contributed by atoms with Gasteiger partial charge in [-0.1, -0.05) is 12.8 Å². The van der Waals surface area contributed by atoms with E-state index in [2.05, 4.69) is 20.6 Å². The van der Waals surface area contributed by atoms with Crippen molar-refractivity contribution in [1.82, 2.24) is 20.2 Å². The van der Waals surface area contributed by atoms with Gasteiger partial charge >= 0.3 is 6.18 Å². The van der Waals surface area contributed by atoms with Crippen LogP contribution in [0.15, 0.2) is 12.3 Å². The number of aliphatic hydroxyl groups is 1. The molecule has 0 aromatic carbocycles. The molecule has 3 fully saturated rings. The normalized spacial score (nSPS) is 21.8. The molecule has 1 aliphatic carbocycles. The van der Waals surface area contributed by atoms with Gasteiger partial charge in [0.15, 0.2) is 5.01 Å². The maximum Gasteiger partial charge on any atom is 0.417 e. The molecular formula is C26H32F3N5O3S. The van der Waals surface area contributed by atoms with Gasteiger partial charge in [0, 0.05) is 36.4 Å². The number of alkyl halides is 3. The molecule has 2 saturated heterocycles. The second-order valence-electron chi connectivity index (χ2n) is 11.1. The molecule has 5 rings (SSSR count). The summed E-state index contributed by atoms with van der Waals surface area (Å²) in [5.41, 5.74) is -2.56. The minimum Gasteiger partial charge on any atom is -0.389 e. The second kappa shape index (κ2) is 10.1. The minimum absolute atomic E-state index is 0.0260. The Morgan fingerprint density at radius 1 is 1.11 bits per heavy atom. The van der Waals surface area contributed by atoms with E-state index in [0.717, 1.165) is 75.0 Å². The number of hydrogen-bond donors (Lipinski definition) is 3. The highest BCUT2D eigenvalue weighted by atomic mass is 32.1. The third-order valence-electron chi connectivity index (χ3n) is 7.55. The van der Waals surface area contributed by atoms with E-state index >= 15 is 0 Å². The smallest absolute Gasteiger partial charge is 0.389 e. The Bertz CT molecular complexity index is 1200. The minimum atomic E-state index is -4.72. The van der Waals surface area contributed by atoms with Crippen LogP contribution in [0.5, 0.6) is 0 Å². The van der Waals surface area contributed by atoms with Gasteiger partial charge in [0.25, 0.3) is 11.8 Å². The van der Waals surface area contributed by atoms with Gasteiger partial charge in [-0.15, -0.1) is 11.3 Å². The van der Waals surface area contributed by atoms with Gasteiger partial charge in [0.1, 0.15) is 11.5 Å². The highest BCUT2D eigenvalue weighted by molar-refractivity contribution is 7.17. The van der Waals surface area contributed by atoms with Crippen molar-refractivity contribution in [1.29, 1.82) is 0 Å². The summed E-state index contributed by atoms with van der Waals surface area (Å²) < 4.78 is 43.0. The highest BCUT2D eigenvalue weighted by Gasteiger charge is 2.45. The van der Waals surface area contributed by atoms with Crippen LogP contribution in [-0.4, -0.2) is 62.1 Å². The van der Waals surface area contributed by atoms with Gasteiger partial charge in [-0.3, -0.25) is 9.59 Å². The van der Waals surface area contributed by atoms with E-state index in [0.29, 0.717) is 0 Å². The van der Waals surface area contributed by atoms with E-state index in [9.17, 15) is 27.9 Å². The Hall–Kier alpha value is -2.73. The topological polar surface area (TPSA) is 107 Å². The molecule has 2 aromatic heterocycles. The number of amides is 2. The quantitative estimate of drug-likeness (QED) is 0.454. The summed E-state index contributed by atoms with van der Waals surface area (Å²) >= 11 is 0.738. The highest BCUT2D eigenvalue weighted by Crippen LogP contribution is 2.44. The van der Waals surface area contributed by atoms with Crippen LogP contribution in [0.2, 0.25) is 0 Å².